The highest BCUT2D eigenvalue weighted by Crippen LogP contribution is 2.32. The molecule has 15 heavy (non-hydrogen) atoms. The van der Waals surface area contributed by atoms with Crippen LogP contribution in [0.1, 0.15) is 13.0 Å². The minimum atomic E-state index is 0.468. The highest BCUT2D eigenvalue weighted by molar-refractivity contribution is 7.99. The molecule has 2 aromatic rings. The molecule has 1 aromatic carbocycles. The van der Waals surface area contributed by atoms with Crippen molar-refractivity contribution in [3.8, 4) is 11.4 Å². The molecule has 1 aliphatic rings. The summed E-state index contributed by atoms with van der Waals surface area (Å²) in [5.74, 6) is 1.93. The normalized spacial score (nSPS) is 19.1. The lowest BCUT2D eigenvalue weighted by Crippen LogP contribution is -2.03. The predicted octanol–water partition coefficient (Wildman–Crippen LogP) is 2.61. The van der Waals surface area contributed by atoms with Crippen molar-refractivity contribution in [1.82, 2.24) is 14.8 Å². The fourth-order valence-corrected chi connectivity index (χ4v) is 2.71. The zero-order valence-electron chi connectivity index (χ0n) is 8.42. The average molecular weight is 217 g/mol. The van der Waals surface area contributed by atoms with Gasteiger partial charge in [0.2, 0.25) is 0 Å². The van der Waals surface area contributed by atoms with Crippen LogP contribution in [-0.2, 0) is 0 Å². The molecule has 0 radical (unpaired) electrons. The molecule has 0 bridgehead atoms. The number of rotatable bonds is 1. The summed E-state index contributed by atoms with van der Waals surface area (Å²) in [4.78, 5) is 4.53. The highest BCUT2D eigenvalue weighted by atomic mass is 32.2. The summed E-state index contributed by atoms with van der Waals surface area (Å²) in [5.41, 5.74) is 1.09. The van der Waals surface area contributed by atoms with E-state index in [1.54, 1.807) is 11.8 Å². The Balaban J connectivity index is 2.05. The molecule has 0 amide bonds. The van der Waals surface area contributed by atoms with Crippen LogP contribution < -0.4 is 0 Å². The molecular weight excluding hydrogens is 206 g/mol. The monoisotopic (exact) mass is 217 g/mol. The van der Waals surface area contributed by atoms with Gasteiger partial charge in [0, 0.05) is 11.3 Å². The molecule has 1 aromatic heterocycles. The van der Waals surface area contributed by atoms with Crippen molar-refractivity contribution in [1.29, 1.82) is 0 Å². The van der Waals surface area contributed by atoms with Crippen LogP contribution in [-0.4, -0.2) is 20.5 Å². The van der Waals surface area contributed by atoms with Gasteiger partial charge in [-0.2, -0.15) is 0 Å². The third kappa shape index (κ3) is 1.45. The van der Waals surface area contributed by atoms with Gasteiger partial charge in [-0.1, -0.05) is 42.1 Å². The minimum absolute atomic E-state index is 0.468. The lowest BCUT2D eigenvalue weighted by molar-refractivity contribution is 0.515. The van der Waals surface area contributed by atoms with Gasteiger partial charge in [-0.25, -0.2) is 9.67 Å². The number of benzene rings is 1. The van der Waals surface area contributed by atoms with Crippen LogP contribution in [0.25, 0.3) is 11.4 Å². The first-order valence-corrected chi connectivity index (χ1v) is 5.98. The van der Waals surface area contributed by atoms with Gasteiger partial charge < -0.3 is 0 Å². The second-order valence-corrected chi connectivity index (χ2v) is 4.68. The standard InChI is InChI=1S/C11H11N3S/c1-8-7-15-11-12-10(13-14(8)11)9-5-3-2-4-6-9/h2-6,8H,7H2,1H3. The average Bonchev–Trinajstić information content (AvgIpc) is 2.83. The molecule has 0 saturated carbocycles. The van der Waals surface area contributed by atoms with Crippen LogP contribution in [0.4, 0.5) is 0 Å². The van der Waals surface area contributed by atoms with Crippen molar-refractivity contribution in [2.24, 2.45) is 0 Å². The first kappa shape index (κ1) is 8.97. The Morgan fingerprint density at radius 3 is 2.87 bits per heavy atom. The topological polar surface area (TPSA) is 30.7 Å². The van der Waals surface area contributed by atoms with Crippen molar-refractivity contribution in [2.45, 2.75) is 18.1 Å². The maximum absolute atomic E-state index is 4.53. The Hall–Kier alpha value is -1.29. The summed E-state index contributed by atoms with van der Waals surface area (Å²) in [6.07, 6.45) is 0. The summed E-state index contributed by atoms with van der Waals surface area (Å²) in [6.45, 7) is 2.17. The summed E-state index contributed by atoms with van der Waals surface area (Å²) >= 11 is 1.78. The SMILES string of the molecule is CC1CSc2nc(-c3ccccc3)nn21. The molecule has 1 unspecified atom stereocenters. The van der Waals surface area contributed by atoms with Gasteiger partial charge in [0.05, 0.1) is 6.04 Å². The van der Waals surface area contributed by atoms with Crippen LogP contribution in [0.3, 0.4) is 0 Å². The van der Waals surface area contributed by atoms with Gasteiger partial charge >= 0.3 is 0 Å². The summed E-state index contributed by atoms with van der Waals surface area (Å²) < 4.78 is 2.02. The van der Waals surface area contributed by atoms with E-state index in [0.29, 0.717) is 6.04 Å². The molecule has 1 aliphatic heterocycles. The summed E-state index contributed by atoms with van der Waals surface area (Å²) in [7, 11) is 0. The Bertz CT molecular complexity index is 478. The van der Waals surface area contributed by atoms with E-state index in [0.717, 1.165) is 22.3 Å². The number of hydrogen-bond donors (Lipinski definition) is 0. The zero-order chi connectivity index (χ0) is 10.3. The fraction of sp³-hybridized carbons (Fsp3) is 0.273. The molecule has 2 heterocycles. The fourth-order valence-electron chi connectivity index (χ4n) is 1.67. The van der Waals surface area contributed by atoms with Crippen LogP contribution in [0.5, 0.6) is 0 Å². The Morgan fingerprint density at radius 2 is 2.13 bits per heavy atom. The van der Waals surface area contributed by atoms with Gasteiger partial charge in [-0.3, -0.25) is 0 Å². The number of thioether (sulfide) groups is 1. The number of nitrogens with zero attached hydrogens (tertiary/aromatic N) is 3. The second-order valence-electron chi connectivity index (χ2n) is 3.69. The van der Waals surface area contributed by atoms with Gasteiger partial charge in [-0.15, -0.1) is 5.10 Å². The van der Waals surface area contributed by atoms with E-state index < -0.39 is 0 Å². The van der Waals surface area contributed by atoms with E-state index >= 15 is 0 Å². The highest BCUT2D eigenvalue weighted by Gasteiger charge is 2.22. The van der Waals surface area contributed by atoms with E-state index in [4.69, 9.17) is 0 Å². The molecule has 4 heteroatoms. The maximum Gasteiger partial charge on any atom is 0.187 e. The number of aromatic nitrogens is 3. The first-order valence-electron chi connectivity index (χ1n) is 4.99. The smallest absolute Gasteiger partial charge is 0.187 e. The van der Waals surface area contributed by atoms with Crippen molar-refractivity contribution in [2.75, 3.05) is 5.75 Å². The Morgan fingerprint density at radius 1 is 1.33 bits per heavy atom. The van der Waals surface area contributed by atoms with E-state index in [-0.39, 0.29) is 0 Å². The Labute approximate surface area is 92.5 Å². The maximum atomic E-state index is 4.53. The van der Waals surface area contributed by atoms with Crippen molar-refractivity contribution >= 4 is 11.8 Å². The van der Waals surface area contributed by atoms with Crippen LogP contribution in [0, 0.1) is 0 Å². The number of fused-ring (bicyclic) bond motifs is 1. The predicted molar refractivity (Wildman–Crippen MR) is 60.9 cm³/mol. The molecule has 0 N–H and O–H groups in total. The molecule has 3 nitrogen and oxygen atoms in total. The lowest BCUT2D eigenvalue weighted by Gasteiger charge is -2.00. The van der Waals surface area contributed by atoms with Gasteiger partial charge in [0.15, 0.2) is 11.0 Å². The molecule has 0 fully saturated rings. The van der Waals surface area contributed by atoms with Crippen molar-refractivity contribution in [3.05, 3.63) is 30.3 Å². The Kier molecular flexibility index (Phi) is 2.02. The van der Waals surface area contributed by atoms with Crippen LogP contribution in [0.15, 0.2) is 35.5 Å². The van der Waals surface area contributed by atoms with Crippen molar-refractivity contribution < 1.29 is 0 Å². The van der Waals surface area contributed by atoms with E-state index in [2.05, 4.69) is 17.0 Å². The molecule has 0 spiro atoms. The van der Waals surface area contributed by atoms with E-state index in [1.807, 2.05) is 35.0 Å². The largest absolute Gasteiger partial charge is 0.236 e. The summed E-state index contributed by atoms with van der Waals surface area (Å²) in [6, 6.07) is 10.6. The van der Waals surface area contributed by atoms with Crippen LogP contribution >= 0.6 is 11.8 Å². The van der Waals surface area contributed by atoms with Gasteiger partial charge in [-0.05, 0) is 6.92 Å². The molecule has 0 saturated heterocycles. The zero-order valence-corrected chi connectivity index (χ0v) is 9.24. The van der Waals surface area contributed by atoms with Crippen molar-refractivity contribution in [3.63, 3.8) is 0 Å². The molecule has 0 aliphatic carbocycles. The molecule has 76 valence electrons. The number of hydrogen-bond acceptors (Lipinski definition) is 3. The van der Waals surface area contributed by atoms with E-state index in [1.165, 1.54) is 0 Å². The van der Waals surface area contributed by atoms with Gasteiger partial charge in [0.1, 0.15) is 0 Å². The van der Waals surface area contributed by atoms with Crippen LogP contribution in [0.2, 0.25) is 0 Å². The van der Waals surface area contributed by atoms with Gasteiger partial charge in [0.25, 0.3) is 0 Å². The third-order valence-electron chi connectivity index (χ3n) is 2.50. The molecular formula is C11H11N3S. The minimum Gasteiger partial charge on any atom is -0.236 e. The summed E-state index contributed by atoms with van der Waals surface area (Å²) in [5, 5.41) is 5.57. The second kappa shape index (κ2) is 3.38. The van der Waals surface area contributed by atoms with E-state index in [9.17, 15) is 0 Å². The third-order valence-corrected chi connectivity index (χ3v) is 3.69. The quantitative estimate of drug-likeness (QED) is 0.735. The first-order chi connectivity index (χ1) is 7.34. The molecule has 3 rings (SSSR count). The lowest BCUT2D eigenvalue weighted by atomic mass is 10.2. The molecule has 1 atom stereocenters.